The second-order valence-corrected chi connectivity index (χ2v) is 23.6. The van der Waals surface area contributed by atoms with E-state index < -0.39 is 79.5 Å². The zero-order chi connectivity index (χ0) is 25.9. The van der Waals surface area contributed by atoms with Crippen molar-refractivity contribution in [3.05, 3.63) is 0 Å². The molecule has 0 radical (unpaired) electrons. The van der Waals surface area contributed by atoms with Crippen molar-refractivity contribution in [1.82, 2.24) is 0 Å². The van der Waals surface area contributed by atoms with Gasteiger partial charge >= 0.3 is 41.7 Å². The predicted octanol–water partition coefficient (Wildman–Crippen LogP) is 3.44. The summed E-state index contributed by atoms with van der Waals surface area (Å²) in [6, 6.07) is -0.694. The Bertz CT molecular complexity index is 645. The molecule has 0 saturated heterocycles. The van der Waals surface area contributed by atoms with E-state index in [2.05, 4.69) is 0 Å². The van der Waals surface area contributed by atoms with Crippen molar-refractivity contribution in [3.8, 4) is 0 Å². The first kappa shape index (κ1) is 30.4. The Kier molecular flexibility index (Phi) is 7.87. The minimum Gasteiger partial charge on any atom is -0.438 e. The van der Waals surface area contributed by atoms with Crippen LogP contribution in [0, 0.1) is 0 Å². The molecule has 1 nitrogen and oxygen atoms in total. The third-order valence-electron chi connectivity index (χ3n) is 4.31. The zero-order valence-corrected chi connectivity index (χ0v) is 19.0. The highest BCUT2D eigenvalue weighted by Gasteiger charge is 2.95. The van der Waals surface area contributed by atoms with Gasteiger partial charge in [-0.2, -0.15) is 65.9 Å². The monoisotopic (exact) mass is 554 g/mol. The maximum Gasteiger partial charge on any atom is 0.460 e. The molecule has 31 heavy (non-hydrogen) atoms. The number of hydrogen-bond acceptors (Lipinski definition) is 1. The number of alkyl halides is 17. The summed E-state index contributed by atoms with van der Waals surface area (Å²) < 4.78 is 223. The lowest BCUT2D eigenvalue weighted by atomic mass is 9.91. The van der Waals surface area contributed by atoms with Gasteiger partial charge in [0.2, 0.25) is 0 Å². The van der Waals surface area contributed by atoms with Gasteiger partial charge in [-0.15, -0.1) is 0 Å². The van der Waals surface area contributed by atoms with Gasteiger partial charge in [-0.25, -0.2) is 8.78 Å². The molecule has 0 heterocycles. The molecule has 0 aromatic heterocycles. The predicted molar refractivity (Wildman–Crippen MR) is 77.6 cm³/mol. The van der Waals surface area contributed by atoms with Gasteiger partial charge in [0.25, 0.3) is 5.55 Å². The molecule has 0 spiro atoms. The molecular formula is C10H11F17OSi3. The molecule has 0 aliphatic carbocycles. The molecular weight excluding hydrogens is 543 g/mol. The van der Waals surface area contributed by atoms with E-state index in [1.807, 2.05) is 0 Å². The molecule has 0 aromatic carbocycles. The Morgan fingerprint density at radius 1 is 0.548 bits per heavy atom. The summed E-state index contributed by atoms with van der Waals surface area (Å²) in [4.78, 5) is 9.28. The van der Waals surface area contributed by atoms with E-state index >= 15 is 0 Å². The van der Waals surface area contributed by atoms with Crippen LogP contribution in [0.2, 0.25) is 6.04 Å². The van der Waals surface area contributed by atoms with Crippen molar-refractivity contribution >= 4 is 26.1 Å². The number of hydrogen-bond donors (Lipinski definition) is 1. The van der Waals surface area contributed by atoms with Gasteiger partial charge < -0.3 is 4.80 Å². The standard InChI is InChI=1S/C10H11F17OSi3/c1-2-30(28)31(29)10(26,27)8(21,22)6(17,18)4(13,14)3(11,12)5(15,16)7(19,20)9(23,24)25/h28,30-31H,2H2,1,29H3. The Hall–Kier alpha value is -0.579. The van der Waals surface area contributed by atoms with E-state index in [-0.39, 0.29) is 0 Å². The topological polar surface area (TPSA) is 20.2 Å². The van der Waals surface area contributed by atoms with Crippen molar-refractivity contribution < 1.29 is 79.4 Å². The Morgan fingerprint density at radius 2 is 0.806 bits per heavy atom. The van der Waals surface area contributed by atoms with Gasteiger partial charge in [0, 0.05) is 9.76 Å². The van der Waals surface area contributed by atoms with Crippen LogP contribution in [0.5, 0.6) is 0 Å². The first-order chi connectivity index (χ1) is 13.1. The van der Waals surface area contributed by atoms with E-state index in [0.717, 1.165) is 6.92 Å². The van der Waals surface area contributed by atoms with Gasteiger partial charge in [0.1, 0.15) is 7.83 Å². The molecule has 2 unspecified atom stereocenters. The summed E-state index contributed by atoms with van der Waals surface area (Å²) in [7, 11) is -9.95. The van der Waals surface area contributed by atoms with E-state index in [1.54, 1.807) is 0 Å². The van der Waals surface area contributed by atoms with Gasteiger partial charge in [-0.3, -0.25) is 0 Å². The summed E-state index contributed by atoms with van der Waals surface area (Å²) in [5.41, 5.74) is -6.31. The van der Waals surface area contributed by atoms with Crippen molar-refractivity contribution in [3.63, 3.8) is 0 Å². The normalized spacial score (nSPS) is 18.3. The summed E-state index contributed by atoms with van der Waals surface area (Å²) >= 11 is 0. The average Bonchev–Trinajstić information content (AvgIpc) is 2.57. The van der Waals surface area contributed by atoms with Crippen molar-refractivity contribution in [1.29, 1.82) is 0 Å². The molecule has 0 amide bonds. The van der Waals surface area contributed by atoms with Crippen LogP contribution in [0.1, 0.15) is 6.92 Å². The quantitative estimate of drug-likeness (QED) is 0.342. The molecule has 21 heteroatoms. The highest BCUT2D eigenvalue weighted by molar-refractivity contribution is 7.40. The van der Waals surface area contributed by atoms with Gasteiger partial charge in [0.05, 0.1) is 0 Å². The highest BCUT2D eigenvalue weighted by atomic mass is 29.6. The lowest BCUT2D eigenvalue weighted by Crippen LogP contribution is -2.76. The van der Waals surface area contributed by atoms with Crippen LogP contribution in [0.25, 0.3) is 0 Å². The largest absolute Gasteiger partial charge is 0.460 e. The maximum atomic E-state index is 13.8. The summed E-state index contributed by atoms with van der Waals surface area (Å²) in [6.07, 6.45) is -7.76. The maximum absolute atomic E-state index is 13.8. The second kappa shape index (κ2) is 8.02. The first-order valence-corrected chi connectivity index (χ1v) is 16.7. The van der Waals surface area contributed by atoms with Crippen LogP contribution in [0.15, 0.2) is 0 Å². The van der Waals surface area contributed by atoms with Crippen molar-refractivity contribution in [2.75, 3.05) is 0 Å². The van der Waals surface area contributed by atoms with Crippen molar-refractivity contribution in [2.24, 2.45) is 0 Å². The minimum absolute atomic E-state index is 0.694. The van der Waals surface area contributed by atoms with Gasteiger partial charge in [0.15, 0.2) is 8.56 Å². The average molecular weight is 554 g/mol. The van der Waals surface area contributed by atoms with Crippen LogP contribution in [-0.4, -0.2) is 78.2 Å². The molecule has 188 valence electrons. The van der Waals surface area contributed by atoms with E-state index in [4.69, 9.17) is 0 Å². The van der Waals surface area contributed by atoms with E-state index in [0.29, 0.717) is 0 Å². The summed E-state index contributed by atoms with van der Waals surface area (Å²) in [6.45, 7) is 0.893. The molecule has 2 atom stereocenters. The van der Waals surface area contributed by atoms with Crippen LogP contribution in [0.3, 0.4) is 0 Å². The molecule has 0 rings (SSSR count). The zero-order valence-electron chi connectivity index (χ0n) is 14.7. The van der Waals surface area contributed by atoms with Crippen molar-refractivity contribution in [2.45, 2.75) is 60.2 Å². The molecule has 0 aliphatic rings. The van der Waals surface area contributed by atoms with E-state index in [9.17, 15) is 79.4 Å². The Labute approximate surface area is 166 Å². The lowest BCUT2D eigenvalue weighted by molar-refractivity contribution is -0.458. The summed E-state index contributed by atoms with van der Waals surface area (Å²) in [5, 5.41) is 0. The SMILES string of the molecule is CC[SiH](O)[SiH]([SiH3])C(F)(F)C(F)(F)C(F)(F)C(F)(F)C(F)(F)C(F)(F)C(F)(F)C(F)(F)F. The van der Waals surface area contributed by atoms with E-state index in [1.165, 1.54) is 0 Å². The number of rotatable bonds is 9. The molecule has 0 saturated carbocycles. The lowest BCUT2D eigenvalue weighted by Gasteiger charge is -2.44. The first-order valence-electron chi connectivity index (χ1n) is 7.54. The molecule has 1 N–H and O–H groups in total. The fourth-order valence-electron chi connectivity index (χ4n) is 2.06. The molecule has 0 bridgehead atoms. The fourth-order valence-corrected chi connectivity index (χ4v) is 13.5. The molecule has 0 aromatic rings. The fraction of sp³-hybridized carbons (Fsp3) is 1.00. The third kappa shape index (κ3) is 3.99. The van der Waals surface area contributed by atoms with Crippen LogP contribution < -0.4 is 0 Å². The molecule has 0 fully saturated rings. The third-order valence-corrected chi connectivity index (χ3v) is 23.0. The van der Waals surface area contributed by atoms with Crippen LogP contribution >= 0.6 is 0 Å². The summed E-state index contributed by atoms with van der Waals surface area (Å²) in [5.74, 6) is -49.7. The highest BCUT2D eigenvalue weighted by Crippen LogP contribution is 2.64. The van der Waals surface area contributed by atoms with Crippen LogP contribution in [0.4, 0.5) is 74.6 Å². The Balaban J connectivity index is 6.76. The minimum atomic E-state index is -8.61. The Morgan fingerprint density at radius 3 is 1.06 bits per heavy atom. The van der Waals surface area contributed by atoms with Crippen LogP contribution in [-0.2, 0) is 0 Å². The smallest absolute Gasteiger partial charge is 0.438 e. The van der Waals surface area contributed by atoms with Gasteiger partial charge in [-0.1, -0.05) is 6.92 Å². The second-order valence-electron chi connectivity index (χ2n) is 6.33. The van der Waals surface area contributed by atoms with Gasteiger partial charge in [-0.05, 0) is 6.04 Å². The molecule has 0 aliphatic heterocycles. The number of halogens is 17.